The number of benzene rings is 2. The predicted octanol–water partition coefficient (Wildman–Crippen LogP) is 4.82. The molecule has 0 aliphatic rings. The van der Waals surface area contributed by atoms with Crippen LogP contribution in [-0.2, 0) is 13.1 Å². The minimum absolute atomic E-state index is 0.217. The number of halogens is 1. The number of imidazole rings is 1. The van der Waals surface area contributed by atoms with E-state index in [-0.39, 0.29) is 5.28 Å². The lowest BCUT2D eigenvalue weighted by atomic mass is 10.1. The zero-order valence-electron chi connectivity index (χ0n) is 15.8. The first-order valence-electron chi connectivity index (χ1n) is 9.19. The van der Waals surface area contributed by atoms with Crippen molar-refractivity contribution in [2.45, 2.75) is 20.0 Å². The fraction of sp³-hybridized carbons (Fsp3) is 0.190. The Labute approximate surface area is 168 Å². The van der Waals surface area contributed by atoms with Crippen molar-refractivity contribution in [3.8, 4) is 11.3 Å². The summed E-state index contributed by atoms with van der Waals surface area (Å²) in [5.74, 6) is 0.830. The van der Waals surface area contributed by atoms with Crippen molar-refractivity contribution in [3.63, 3.8) is 0 Å². The summed E-state index contributed by atoms with van der Waals surface area (Å²) >= 11 is 6.04. The summed E-state index contributed by atoms with van der Waals surface area (Å²) in [6, 6.07) is 16.3. The van der Waals surface area contributed by atoms with Crippen molar-refractivity contribution in [3.05, 3.63) is 65.6 Å². The second-order valence-electron chi connectivity index (χ2n) is 6.34. The van der Waals surface area contributed by atoms with Crippen molar-refractivity contribution in [1.29, 1.82) is 0 Å². The Kier molecular flexibility index (Phi) is 5.12. The Balaban J connectivity index is 1.83. The highest BCUT2D eigenvalue weighted by atomic mass is 35.5. The molecule has 0 aliphatic heterocycles. The lowest BCUT2D eigenvalue weighted by Crippen LogP contribution is -2.06. The second kappa shape index (κ2) is 7.86. The lowest BCUT2D eigenvalue weighted by Gasteiger charge is -2.10. The lowest BCUT2D eigenvalue weighted by molar-refractivity contribution is 0.787. The normalized spacial score (nSPS) is 11.0. The highest BCUT2D eigenvalue weighted by Crippen LogP contribution is 2.35. The molecule has 0 aliphatic carbocycles. The van der Waals surface area contributed by atoms with E-state index in [0.717, 1.165) is 40.5 Å². The van der Waals surface area contributed by atoms with Gasteiger partial charge in [0.25, 0.3) is 0 Å². The molecule has 2 aromatic heterocycles. The van der Waals surface area contributed by atoms with Crippen LogP contribution in [0.15, 0.2) is 54.7 Å². The van der Waals surface area contributed by atoms with E-state index >= 15 is 0 Å². The van der Waals surface area contributed by atoms with Crippen molar-refractivity contribution >= 4 is 34.3 Å². The fourth-order valence-electron chi connectivity index (χ4n) is 3.37. The highest BCUT2D eigenvalue weighted by molar-refractivity contribution is 6.28. The van der Waals surface area contributed by atoms with E-state index in [0.29, 0.717) is 6.54 Å². The van der Waals surface area contributed by atoms with Gasteiger partial charge in [0.2, 0.25) is 11.2 Å². The second-order valence-corrected chi connectivity index (χ2v) is 6.67. The number of hydrogen-bond acceptors (Lipinski definition) is 5. The summed E-state index contributed by atoms with van der Waals surface area (Å²) in [6.07, 6.45) is 1.66. The molecule has 7 heteroatoms. The van der Waals surface area contributed by atoms with Crippen LogP contribution in [-0.4, -0.2) is 26.6 Å². The molecule has 0 saturated carbocycles. The molecule has 0 unspecified atom stereocenters. The van der Waals surface area contributed by atoms with Gasteiger partial charge in [-0.25, -0.2) is 15.0 Å². The van der Waals surface area contributed by atoms with Crippen LogP contribution in [0.4, 0.5) is 11.6 Å². The number of rotatable bonds is 6. The Hall–Kier alpha value is -3.12. The number of fused-ring (bicyclic) bond motifs is 1. The molecule has 0 fully saturated rings. The SMILES string of the molecule is CCn1c(NCc2ccccc2)nc2c(-c3ccnc(Cl)n3)c(NC)ccc21. The van der Waals surface area contributed by atoms with Crippen molar-refractivity contribution < 1.29 is 0 Å². The van der Waals surface area contributed by atoms with Crippen LogP contribution >= 0.6 is 11.6 Å². The number of aromatic nitrogens is 4. The van der Waals surface area contributed by atoms with Gasteiger partial charge in [0.15, 0.2) is 0 Å². The maximum absolute atomic E-state index is 6.04. The molecular weight excluding hydrogens is 372 g/mol. The summed E-state index contributed by atoms with van der Waals surface area (Å²) in [5.41, 5.74) is 5.72. The maximum Gasteiger partial charge on any atom is 0.222 e. The molecule has 0 amide bonds. The molecule has 0 atom stereocenters. The molecule has 6 nitrogen and oxygen atoms in total. The van der Waals surface area contributed by atoms with E-state index in [4.69, 9.17) is 16.6 Å². The van der Waals surface area contributed by atoms with Gasteiger partial charge in [0.1, 0.15) is 5.52 Å². The van der Waals surface area contributed by atoms with Gasteiger partial charge in [-0.05, 0) is 42.3 Å². The number of anilines is 2. The van der Waals surface area contributed by atoms with E-state index in [9.17, 15) is 0 Å². The molecule has 0 bridgehead atoms. The third-order valence-electron chi connectivity index (χ3n) is 4.68. The van der Waals surface area contributed by atoms with E-state index in [2.05, 4.69) is 50.3 Å². The number of nitrogens with one attached hydrogen (secondary N) is 2. The number of nitrogens with zero attached hydrogens (tertiary/aromatic N) is 4. The molecule has 142 valence electrons. The predicted molar refractivity (Wildman–Crippen MR) is 115 cm³/mol. The third-order valence-corrected chi connectivity index (χ3v) is 4.86. The van der Waals surface area contributed by atoms with Gasteiger partial charge in [0.05, 0.1) is 16.8 Å². The molecule has 0 radical (unpaired) electrons. The van der Waals surface area contributed by atoms with Gasteiger partial charge in [0, 0.05) is 32.0 Å². The maximum atomic E-state index is 6.04. The molecular formula is C21H21ClN6. The number of hydrogen-bond donors (Lipinski definition) is 2. The quantitative estimate of drug-likeness (QED) is 0.460. The largest absolute Gasteiger partial charge is 0.388 e. The monoisotopic (exact) mass is 392 g/mol. The van der Waals surface area contributed by atoms with Crippen molar-refractivity contribution in [2.75, 3.05) is 17.7 Å². The van der Waals surface area contributed by atoms with Gasteiger partial charge in [-0.15, -0.1) is 0 Å². The highest BCUT2D eigenvalue weighted by Gasteiger charge is 2.18. The van der Waals surface area contributed by atoms with Crippen LogP contribution in [0.5, 0.6) is 0 Å². The Morgan fingerprint density at radius 3 is 2.57 bits per heavy atom. The standard InChI is InChI=1S/C21H21ClN6/c1-3-28-17-10-9-15(23-2)18(16-11-12-24-20(22)26-16)19(17)27-21(28)25-13-14-7-5-4-6-8-14/h4-12,23H,3,13H2,1-2H3,(H,25,27). The zero-order chi connectivity index (χ0) is 19.5. The van der Waals surface area contributed by atoms with Gasteiger partial charge in [-0.3, -0.25) is 0 Å². The molecule has 2 N–H and O–H groups in total. The van der Waals surface area contributed by atoms with Gasteiger partial charge >= 0.3 is 0 Å². The molecule has 2 aromatic carbocycles. The topological polar surface area (TPSA) is 67.7 Å². The van der Waals surface area contributed by atoms with Crippen LogP contribution < -0.4 is 10.6 Å². The number of aryl methyl sites for hydroxylation is 1. The zero-order valence-corrected chi connectivity index (χ0v) is 16.5. The summed E-state index contributed by atoms with van der Waals surface area (Å²) in [5, 5.41) is 6.92. The summed E-state index contributed by atoms with van der Waals surface area (Å²) < 4.78 is 2.17. The summed E-state index contributed by atoms with van der Waals surface area (Å²) in [6.45, 7) is 3.62. The van der Waals surface area contributed by atoms with Crippen LogP contribution in [0.1, 0.15) is 12.5 Å². The van der Waals surface area contributed by atoms with Crippen LogP contribution in [0.25, 0.3) is 22.3 Å². The van der Waals surface area contributed by atoms with Crippen LogP contribution in [0.2, 0.25) is 5.28 Å². The third kappa shape index (κ3) is 3.39. The summed E-state index contributed by atoms with van der Waals surface area (Å²) in [4.78, 5) is 13.3. The molecule has 28 heavy (non-hydrogen) atoms. The Morgan fingerprint density at radius 1 is 1.04 bits per heavy atom. The van der Waals surface area contributed by atoms with Crippen molar-refractivity contribution in [1.82, 2.24) is 19.5 Å². The smallest absolute Gasteiger partial charge is 0.222 e. The molecule has 2 heterocycles. The van der Waals surface area contributed by atoms with Crippen LogP contribution in [0, 0.1) is 0 Å². The molecule has 4 aromatic rings. The first-order valence-corrected chi connectivity index (χ1v) is 9.56. The van der Waals surface area contributed by atoms with E-state index in [1.165, 1.54) is 5.56 Å². The minimum atomic E-state index is 0.217. The molecule has 0 saturated heterocycles. The summed E-state index contributed by atoms with van der Waals surface area (Å²) in [7, 11) is 1.89. The Bertz CT molecular complexity index is 1110. The molecule has 0 spiro atoms. The van der Waals surface area contributed by atoms with Crippen LogP contribution in [0.3, 0.4) is 0 Å². The average molecular weight is 393 g/mol. The van der Waals surface area contributed by atoms with E-state index < -0.39 is 0 Å². The average Bonchev–Trinajstić information content (AvgIpc) is 3.09. The minimum Gasteiger partial charge on any atom is -0.388 e. The van der Waals surface area contributed by atoms with E-state index in [1.54, 1.807) is 6.20 Å². The fourth-order valence-corrected chi connectivity index (χ4v) is 3.51. The van der Waals surface area contributed by atoms with Gasteiger partial charge in [-0.2, -0.15) is 0 Å². The van der Waals surface area contributed by atoms with Crippen molar-refractivity contribution in [2.24, 2.45) is 0 Å². The van der Waals surface area contributed by atoms with E-state index in [1.807, 2.05) is 37.4 Å². The van der Waals surface area contributed by atoms with Gasteiger partial charge in [-0.1, -0.05) is 30.3 Å². The first-order chi connectivity index (χ1) is 13.7. The Morgan fingerprint density at radius 2 is 1.86 bits per heavy atom. The van der Waals surface area contributed by atoms with Gasteiger partial charge < -0.3 is 15.2 Å². The first kappa shape index (κ1) is 18.3. The molecule has 4 rings (SSSR count).